The molecule has 2 fully saturated rings. The zero-order valence-corrected chi connectivity index (χ0v) is 17.3. The molecule has 1 aliphatic carbocycles. The molecule has 1 spiro atoms. The molecule has 0 aromatic heterocycles. The number of benzene rings is 1. The lowest BCUT2D eigenvalue weighted by atomic mass is 9.64. The van der Waals surface area contributed by atoms with E-state index in [4.69, 9.17) is 10.00 Å². The highest BCUT2D eigenvalue weighted by Crippen LogP contribution is 2.46. The standard InChI is InChI=1S/C22H29N3O4/c1-15-10-21(2,3)14-22(11-15)19(27)25(20(28)24-22)12-17(26)13-29-18-6-4-16(5-7-18)8-9-23/h4-7,15,17,26H,8,10-14H2,1-3H3,(H,24,28)/t15-,17-,22+/m0/s1. The van der Waals surface area contributed by atoms with Gasteiger partial charge in [0.25, 0.3) is 5.91 Å². The molecule has 1 heterocycles. The van der Waals surface area contributed by atoms with Gasteiger partial charge in [-0.1, -0.05) is 32.9 Å². The molecule has 1 aromatic carbocycles. The summed E-state index contributed by atoms with van der Waals surface area (Å²) in [5.74, 6) is 0.643. The molecular weight excluding hydrogens is 370 g/mol. The normalized spacial score (nSPS) is 26.9. The Morgan fingerprint density at radius 1 is 1.31 bits per heavy atom. The number of aliphatic hydroxyl groups excluding tert-OH is 1. The van der Waals surface area contributed by atoms with E-state index in [1.54, 1.807) is 24.3 Å². The summed E-state index contributed by atoms with van der Waals surface area (Å²) in [6.45, 7) is 6.21. The van der Waals surface area contributed by atoms with Crippen LogP contribution in [0.15, 0.2) is 24.3 Å². The molecule has 1 aliphatic heterocycles. The van der Waals surface area contributed by atoms with Crippen LogP contribution < -0.4 is 10.1 Å². The number of urea groups is 1. The summed E-state index contributed by atoms with van der Waals surface area (Å²) < 4.78 is 5.57. The van der Waals surface area contributed by atoms with Crippen molar-refractivity contribution in [2.75, 3.05) is 13.2 Å². The van der Waals surface area contributed by atoms with Gasteiger partial charge in [0.15, 0.2) is 0 Å². The number of amides is 3. The minimum absolute atomic E-state index is 0.0317. The number of imide groups is 1. The quantitative estimate of drug-likeness (QED) is 0.716. The van der Waals surface area contributed by atoms with Crippen LogP contribution in [0.4, 0.5) is 4.79 Å². The van der Waals surface area contributed by atoms with Crippen molar-refractivity contribution in [2.24, 2.45) is 11.3 Å². The molecule has 3 rings (SSSR count). The predicted octanol–water partition coefficient (Wildman–Crippen LogP) is 2.63. The number of nitrogens with one attached hydrogen (secondary N) is 1. The van der Waals surface area contributed by atoms with Gasteiger partial charge in [-0.25, -0.2) is 4.79 Å². The maximum Gasteiger partial charge on any atom is 0.325 e. The fourth-order valence-corrected chi connectivity index (χ4v) is 4.92. The number of carbonyl (C=O) groups is 2. The Hall–Kier alpha value is -2.59. The summed E-state index contributed by atoms with van der Waals surface area (Å²) in [7, 11) is 0. The number of nitriles is 1. The molecule has 29 heavy (non-hydrogen) atoms. The first-order chi connectivity index (χ1) is 13.6. The van der Waals surface area contributed by atoms with Gasteiger partial charge in [-0.2, -0.15) is 5.26 Å². The van der Waals surface area contributed by atoms with Crippen molar-refractivity contribution in [3.63, 3.8) is 0 Å². The molecule has 1 aromatic rings. The molecule has 0 unspecified atom stereocenters. The maximum atomic E-state index is 13.1. The van der Waals surface area contributed by atoms with Crippen molar-refractivity contribution in [3.8, 4) is 11.8 Å². The van der Waals surface area contributed by atoms with E-state index in [1.807, 2.05) is 0 Å². The lowest BCUT2D eigenvalue weighted by Crippen LogP contribution is -2.54. The lowest BCUT2D eigenvalue weighted by molar-refractivity contribution is -0.135. The van der Waals surface area contributed by atoms with Crippen molar-refractivity contribution in [3.05, 3.63) is 29.8 Å². The van der Waals surface area contributed by atoms with Crippen molar-refractivity contribution >= 4 is 11.9 Å². The first-order valence-electron chi connectivity index (χ1n) is 10.0. The van der Waals surface area contributed by atoms with E-state index in [2.05, 4.69) is 32.2 Å². The Balaban J connectivity index is 1.59. The Morgan fingerprint density at radius 2 is 2.00 bits per heavy atom. The number of aliphatic hydroxyl groups is 1. The predicted molar refractivity (Wildman–Crippen MR) is 107 cm³/mol. The van der Waals surface area contributed by atoms with Gasteiger partial charge in [-0.15, -0.1) is 0 Å². The Morgan fingerprint density at radius 3 is 2.62 bits per heavy atom. The average Bonchev–Trinajstić information content (AvgIpc) is 2.83. The minimum atomic E-state index is -0.993. The topological polar surface area (TPSA) is 103 Å². The van der Waals surface area contributed by atoms with E-state index in [-0.39, 0.29) is 24.5 Å². The maximum absolute atomic E-state index is 13.1. The highest BCUT2D eigenvalue weighted by atomic mass is 16.5. The van der Waals surface area contributed by atoms with Gasteiger partial charge in [0.1, 0.15) is 24.0 Å². The summed E-state index contributed by atoms with van der Waals surface area (Å²) in [5, 5.41) is 22.0. The molecule has 156 valence electrons. The number of rotatable bonds is 6. The lowest BCUT2D eigenvalue weighted by Gasteiger charge is -2.43. The van der Waals surface area contributed by atoms with E-state index < -0.39 is 17.7 Å². The Kier molecular flexibility index (Phi) is 5.85. The zero-order valence-electron chi connectivity index (χ0n) is 17.3. The number of β-amino-alcohol motifs (C(OH)–C–C–N with tert-alkyl or cyclic N) is 1. The second-order valence-electron chi connectivity index (χ2n) is 9.23. The van der Waals surface area contributed by atoms with Gasteiger partial charge in [0, 0.05) is 0 Å². The monoisotopic (exact) mass is 399 g/mol. The molecule has 7 nitrogen and oxygen atoms in total. The summed E-state index contributed by atoms with van der Waals surface area (Å²) in [5.41, 5.74) is -0.0134. The smallest absolute Gasteiger partial charge is 0.325 e. The highest BCUT2D eigenvalue weighted by molar-refractivity contribution is 6.07. The van der Waals surface area contributed by atoms with Crippen LogP contribution in [0.2, 0.25) is 0 Å². The second-order valence-corrected chi connectivity index (χ2v) is 9.23. The van der Waals surface area contributed by atoms with Gasteiger partial charge in [-0.05, 0) is 48.3 Å². The van der Waals surface area contributed by atoms with Crippen molar-refractivity contribution in [2.45, 2.75) is 58.1 Å². The largest absolute Gasteiger partial charge is 0.491 e. The van der Waals surface area contributed by atoms with Gasteiger partial charge in [0.05, 0.1) is 19.0 Å². The summed E-state index contributed by atoms with van der Waals surface area (Å²) in [6, 6.07) is 8.67. The SMILES string of the molecule is C[C@H]1CC(C)(C)C[C@@]2(C1)NC(=O)N(C[C@H](O)COc1ccc(CC#N)cc1)C2=O. The molecule has 1 saturated carbocycles. The van der Waals surface area contributed by atoms with Crippen LogP contribution in [0.1, 0.15) is 45.6 Å². The van der Waals surface area contributed by atoms with Crippen LogP contribution >= 0.6 is 0 Å². The molecule has 3 atom stereocenters. The molecular formula is C22H29N3O4. The molecule has 7 heteroatoms. The third kappa shape index (κ3) is 4.70. The van der Waals surface area contributed by atoms with Crippen LogP contribution in [0.25, 0.3) is 0 Å². The van der Waals surface area contributed by atoms with E-state index in [9.17, 15) is 14.7 Å². The van der Waals surface area contributed by atoms with Crippen LogP contribution in [0.5, 0.6) is 5.75 Å². The molecule has 0 radical (unpaired) electrons. The average molecular weight is 399 g/mol. The van der Waals surface area contributed by atoms with Gasteiger partial charge in [0.2, 0.25) is 0 Å². The molecule has 1 saturated heterocycles. The van der Waals surface area contributed by atoms with E-state index in [1.165, 1.54) is 0 Å². The highest BCUT2D eigenvalue weighted by Gasteiger charge is 2.56. The number of hydrogen-bond acceptors (Lipinski definition) is 5. The van der Waals surface area contributed by atoms with E-state index in [0.717, 1.165) is 16.9 Å². The third-order valence-corrected chi connectivity index (χ3v) is 5.67. The third-order valence-electron chi connectivity index (χ3n) is 5.67. The first-order valence-corrected chi connectivity index (χ1v) is 10.0. The fourth-order valence-electron chi connectivity index (χ4n) is 4.92. The van der Waals surface area contributed by atoms with Crippen LogP contribution in [0.3, 0.4) is 0 Å². The number of ether oxygens (including phenoxy) is 1. The Bertz CT molecular complexity index is 814. The van der Waals surface area contributed by atoms with Gasteiger partial charge >= 0.3 is 6.03 Å². The van der Waals surface area contributed by atoms with Crippen molar-refractivity contribution in [1.29, 1.82) is 5.26 Å². The number of carbonyl (C=O) groups excluding carboxylic acids is 2. The van der Waals surface area contributed by atoms with E-state index in [0.29, 0.717) is 30.9 Å². The summed E-state index contributed by atoms with van der Waals surface area (Å²) in [6.07, 6.45) is 1.58. The second kappa shape index (κ2) is 8.03. The van der Waals surface area contributed by atoms with Crippen LogP contribution in [-0.4, -0.2) is 46.7 Å². The summed E-state index contributed by atoms with van der Waals surface area (Å²) in [4.78, 5) is 26.7. The molecule has 2 aliphatic rings. The summed E-state index contributed by atoms with van der Waals surface area (Å²) >= 11 is 0. The number of nitrogens with zero attached hydrogens (tertiary/aromatic N) is 2. The van der Waals surface area contributed by atoms with Crippen molar-refractivity contribution < 1.29 is 19.4 Å². The Labute approximate surface area is 171 Å². The minimum Gasteiger partial charge on any atom is -0.491 e. The number of hydrogen-bond donors (Lipinski definition) is 2. The van der Waals surface area contributed by atoms with Crippen molar-refractivity contribution in [1.82, 2.24) is 10.2 Å². The first kappa shape index (κ1) is 21.1. The molecule has 2 N–H and O–H groups in total. The van der Waals surface area contributed by atoms with Crippen LogP contribution in [-0.2, 0) is 11.2 Å². The zero-order chi connectivity index (χ0) is 21.2. The van der Waals surface area contributed by atoms with Crippen LogP contribution in [0, 0.1) is 22.7 Å². The molecule has 3 amide bonds. The van der Waals surface area contributed by atoms with E-state index >= 15 is 0 Å². The fraction of sp³-hybridized carbons (Fsp3) is 0.591. The van der Waals surface area contributed by atoms with Gasteiger partial charge < -0.3 is 15.2 Å². The molecule has 0 bridgehead atoms. The van der Waals surface area contributed by atoms with Gasteiger partial charge in [-0.3, -0.25) is 9.69 Å².